The summed E-state index contributed by atoms with van der Waals surface area (Å²) in [6, 6.07) is 14.8. The Kier molecular flexibility index (Phi) is 4.74. The summed E-state index contributed by atoms with van der Waals surface area (Å²) in [6.07, 6.45) is 0. The first kappa shape index (κ1) is 18.1. The van der Waals surface area contributed by atoms with Gasteiger partial charge in [-0.15, -0.1) is 0 Å². The molecule has 8 nitrogen and oxygen atoms in total. The van der Waals surface area contributed by atoms with Gasteiger partial charge < -0.3 is 19.4 Å². The molecular formula is C19H16N4O4S. The van der Waals surface area contributed by atoms with Crippen molar-refractivity contribution in [3.05, 3.63) is 48.5 Å². The molecule has 2 aromatic heterocycles. The van der Waals surface area contributed by atoms with E-state index in [0.717, 1.165) is 28.4 Å². The normalized spacial score (nSPS) is 12.2. The van der Waals surface area contributed by atoms with E-state index < -0.39 is 11.2 Å². The Morgan fingerprint density at radius 3 is 2.64 bits per heavy atom. The zero-order chi connectivity index (χ0) is 19.7. The average molecular weight is 396 g/mol. The van der Waals surface area contributed by atoms with Gasteiger partial charge in [-0.1, -0.05) is 16.8 Å². The van der Waals surface area contributed by atoms with Crippen LogP contribution in [0.1, 0.15) is 6.92 Å². The van der Waals surface area contributed by atoms with Crippen LogP contribution in [0.5, 0.6) is 5.95 Å². The summed E-state index contributed by atoms with van der Waals surface area (Å²) >= 11 is 1.09. The number of aryl methyl sites for hydroxylation is 1. The lowest BCUT2D eigenvalue weighted by atomic mass is 10.2. The molecule has 1 atom stereocenters. The molecule has 0 spiro atoms. The molecule has 9 heteroatoms. The molecule has 28 heavy (non-hydrogen) atoms. The van der Waals surface area contributed by atoms with E-state index in [1.54, 1.807) is 26.1 Å². The summed E-state index contributed by atoms with van der Waals surface area (Å²) in [5.41, 5.74) is 2.96. The maximum Gasteiger partial charge on any atom is 0.291 e. The number of oxazole rings is 1. The van der Waals surface area contributed by atoms with Crippen LogP contribution in [0.25, 0.3) is 22.6 Å². The summed E-state index contributed by atoms with van der Waals surface area (Å²) in [7, 11) is 1.59. The molecule has 1 amide bonds. The number of benzene rings is 2. The van der Waals surface area contributed by atoms with Gasteiger partial charge in [-0.2, -0.15) is 0 Å². The molecule has 2 heterocycles. The molecule has 4 aromatic rings. The molecule has 0 aliphatic carbocycles. The molecule has 0 radical (unpaired) electrons. The lowest BCUT2D eigenvalue weighted by Crippen LogP contribution is -2.33. The zero-order valence-electron chi connectivity index (χ0n) is 15.1. The Morgan fingerprint density at radius 1 is 1.21 bits per heavy atom. The van der Waals surface area contributed by atoms with Crippen molar-refractivity contribution >= 4 is 34.5 Å². The molecule has 1 unspecified atom stereocenters. The fourth-order valence-electron chi connectivity index (χ4n) is 2.59. The molecule has 4 rings (SSSR count). The van der Waals surface area contributed by atoms with E-state index in [0.29, 0.717) is 11.6 Å². The van der Waals surface area contributed by atoms with Crippen molar-refractivity contribution in [1.29, 1.82) is 0 Å². The van der Waals surface area contributed by atoms with E-state index in [2.05, 4.69) is 20.1 Å². The fourth-order valence-corrected chi connectivity index (χ4v) is 3.41. The standard InChI is InChI=1S/C19H16N4O4S/c1-11(28-18-19(25)27-22-23(18)2)16(24)20-13-9-7-12(8-10-13)17-21-14-5-3-4-6-15(14)26-17/h3-11H,1-2H3,(H-,20,21,22,24,25). The van der Waals surface area contributed by atoms with Gasteiger partial charge in [-0.05, 0) is 55.1 Å². The second-order valence-electron chi connectivity index (χ2n) is 6.10. The Labute approximate surface area is 164 Å². The minimum Gasteiger partial charge on any atom is -0.538 e. The molecule has 0 bridgehead atoms. The number of anilines is 1. The van der Waals surface area contributed by atoms with Crippen molar-refractivity contribution in [3.8, 4) is 17.4 Å². The lowest BCUT2D eigenvalue weighted by molar-refractivity contribution is -0.772. The van der Waals surface area contributed by atoms with Crippen molar-refractivity contribution in [2.75, 3.05) is 5.32 Å². The first-order valence-corrected chi connectivity index (χ1v) is 9.36. The highest BCUT2D eigenvalue weighted by Crippen LogP contribution is 2.28. The van der Waals surface area contributed by atoms with Gasteiger partial charge in [0.05, 0.1) is 10.5 Å². The molecule has 142 valence electrons. The third-order valence-electron chi connectivity index (χ3n) is 4.07. The highest BCUT2D eigenvalue weighted by Gasteiger charge is 2.23. The molecule has 0 saturated carbocycles. The van der Waals surface area contributed by atoms with Crippen molar-refractivity contribution in [2.45, 2.75) is 17.2 Å². The number of nitrogens with one attached hydrogen (secondary N) is 1. The summed E-state index contributed by atoms with van der Waals surface area (Å²) in [5, 5.41) is 17.7. The van der Waals surface area contributed by atoms with Crippen molar-refractivity contribution < 1.29 is 23.5 Å². The number of fused-ring (bicyclic) bond motifs is 1. The first-order chi connectivity index (χ1) is 13.5. The zero-order valence-corrected chi connectivity index (χ0v) is 15.9. The van der Waals surface area contributed by atoms with Crippen molar-refractivity contribution in [1.82, 2.24) is 10.3 Å². The van der Waals surface area contributed by atoms with Crippen LogP contribution < -0.4 is 15.1 Å². The van der Waals surface area contributed by atoms with E-state index in [1.807, 2.05) is 36.4 Å². The van der Waals surface area contributed by atoms with Crippen LogP contribution in [-0.4, -0.2) is 21.4 Å². The maximum atomic E-state index is 12.4. The van der Waals surface area contributed by atoms with Gasteiger partial charge in [-0.25, -0.2) is 4.98 Å². The summed E-state index contributed by atoms with van der Waals surface area (Å²) < 4.78 is 11.6. The Balaban J connectivity index is 1.44. The van der Waals surface area contributed by atoms with Gasteiger partial charge in [0, 0.05) is 11.3 Å². The van der Waals surface area contributed by atoms with E-state index in [1.165, 1.54) is 4.68 Å². The van der Waals surface area contributed by atoms with Crippen LogP contribution in [0, 0.1) is 0 Å². The summed E-state index contributed by atoms with van der Waals surface area (Å²) in [5.74, 6) is -0.277. The van der Waals surface area contributed by atoms with Crippen LogP contribution in [0.15, 0.2) is 62.5 Å². The van der Waals surface area contributed by atoms with E-state index in [9.17, 15) is 9.90 Å². The molecule has 2 aromatic carbocycles. The molecule has 0 aliphatic rings. The van der Waals surface area contributed by atoms with Gasteiger partial charge in [0.15, 0.2) is 18.6 Å². The molecule has 1 N–H and O–H groups in total. The van der Waals surface area contributed by atoms with Gasteiger partial charge in [0.1, 0.15) is 5.52 Å². The van der Waals surface area contributed by atoms with Crippen LogP contribution in [0.3, 0.4) is 0 Å². The predicted octanol–water partition coefficient (Wildman–Crippen LogP) is 2.50. The number of nitrogens with zero attached hydrogens (tertiary/aromatic N) is 3. The van der Waals surface area contributed by atoms with E-state index in [4.69, 9.17) is 4.42 Å². The fraction of sp³-hybridized carbons (Fsp3) is 0.158. The molecule has 0 fully saturated rings. The summed E-state index contributed by atoms with van der Waals surface area (Å²) in [6.45, 7) is 1.71. The number of carbonyl (C=O) groups is 1. The third-order valence-corrected chi connectivity index (χ3v) is 5.29. The second kappa shape index (κ2) is 7.35. The van der Waals surface area contributed by atoms with Crippen molar-refractivity contribution in [3.63, 3.8) is 0 Å². The van der Waals surface area contributed by atoms with Crippen LogP contribution in [-0.2, 0) is 11.8 Å². The molecule has 0 aliphatic heterocycles. The smallest absolute Gasteiger partial charge is 0.291 e. The number of rotatable bonds is 5. The Hall–Kier alpha value is -3.33. The number of carbonyl (C=O) groups excluding carboxylic acids is 1. The van der Waals surface area contributed by atoms with E-state index in [-0.39, 0.29) is 10.9 Å². The highest BCUT2D eigenvalue weighted by atomic mass is 32.2. The third kappa shape index (κ3) is 3.56. The number of para-hydroxylation sites is 2. The highest BCUT2D eigenvalue weighted by molar-refractivity contribution is 8.00. The number of amides is 1. The quantitative estimate of drug-likeness (QED) is 0.408. The lowest BCUT2D eigenvalue weighted by Gasteiger charge is -2.10. The maximum absolute atomic E-state index is 12.4. The first-order valence-electron chi connectivity index (χ1n) is 8.48. The second-order valence-corrected chi connectivity index (χ2v) is 7.43. The molecule has 0 saturated heterocycles. The number of hydrogen-bond donors (Lipinski definition) is 1. The SMILES string of the molecule is CC(Sc1c([O-])on[n+]1C)C(=O)Nc1ccc(-c2nc3ccccc3o2)cc1. The number of thioether (sulfide) groups is 1. The van der Waals surface area contributed by atoms with Gasteiger partial charge >= 0.3 is 0 Å². The number of aromatic nitrogens is 3. The largest absolute Gasteiger partial charge is 0.538 e. The minimum atomic E-state index is -0.560. The number of hydrogen-bond acceptors (Lipinski definition) is 7. The van der Waals surface area contributed by atoms with E-state index >= 15 is 0 Å². The van der Waals surface area contributed by atoms with Gasteiger partial charge in [0.25, 0.3) is 5.03 Å². The average Bonchev–Trinajstić information content (AvgIpc) is 3.27. The van der Waals surface area contributed by atoms with Crippen LogP contribution in [0.2, 0.25) is 0 Å². The molecular weight excluding hydrogens is 380 g/mol. The topological polar surface area (TPSA) is 108 Å². The van der Waals surface area contributed by atoms with Gasteiger partial charge in [0.2, 0.25) is 11.8 Å². The van der Waals surface area contributed by atoms with Crippen molar-refractivity contribution in [2.24, 2.45) is 7.05 Å². The monoisotopic (exact) mass is 396 g/mol. The minimum absolute atomic E-state index is 0.236. The summed E-state index contributed by atoms with van der Waals surface area (Å²) in [4.78, 5) is 16.9. The Morgan fingerprint density at radius 2 is 1.96 bits per heavy atom. The van der Waals surface area contributed by atoms with Crippen LogP contribution in [0.4, 0.5) is 5.69 Å². The van der Waals surface area contributed by atoms with Crippen LogP contribution >= 0.6 is 11.8 Å². The Bertz CT molecular complexity index is 1080. The van der Waals surface area contributed by atoms with Gasteiger partial charge in [-0.3, -0.25) is 4.79 Å². The predicted molar refractivity (Wildman–Crippen MR) is 101 cm³/mol.